The maximum atomic E-state index is 12.6. The molecule has 1 aliphatic carbocycles. The first kappa shape index (κ1) is 16.2. The van der Waals surface area contributed by atoms with E-state index in [9.17, 15) is 8.42 Å². The number of nitrogens with zero attached hydrogens (tertiary/aromatic N) is 2. The lowest BCUT2D eigenvalue weighted by Crippen LogP contribution is -2.50. The van der Waals surface area contributed by atoms with Crippen molar-refractivity contribution < 1.29 is 8.42 Å². The molecule has 2 aliphatic rings. The lowest BCUT2D eigenvalue weighted by atomic mass is 9.96. The Hall–Kier alpha value is -0.170. The molecule has 0 spiro atoms. The van der Waals surface area contributed by atoms with Gasteiger partial charge in [-0.2, -0.15) is 17.0 Å². The van der Waals surface area contributed by atoms with Crippen LogP contribution in [-0.4, -0.2) is 56.3 Å². The maximum absolute atomic E-state index is 12.6. The van der Waals surface area contributed by atoms with Crippen molar-refractivity contribution in [3.8, 4) is 0 Å². The second-order valence-corrected chi connectivity index (χ2v) is 8.34. The Morgan fingerprint density at radius 2 is 1.65 bits per heavy atom. The lowest BCUT2D eigenvalue weighted by Gasteiger charge is -2.35. The summed E-state index contributed by atoms with van der Waals surface area (Å²) in [5.41, 5.74) is 0. The van der Waals surface area contributed by atoms with E-state index in [-0.39, 0.29) is 6.04 Å². The molecule has 0 aromatic heterocycles. The molecule has 1 saturated heterocycles. The average Bonchev–Trinajstić information content (AvgIpc) is 2.48. The predicted octanol–water partition coefficient (Wildman–Crippen LogP) is 1.57. The van der Waals surface area contributed by atoms with E-state index in [1.807, 2.05) is 0 Å². The maximum Gasteiger partial charge on any atom is 0.281 e. The van der Waals surface area contributed by atoms with E-state index in [0.29, 0.717) is 12.6 Å². The minimum Gasteiger partial charge on any atom is -0.313 e. The van der Waals surface area contributed by atoms with Crippen molar-refractivity contribution >= 4 is 10.2 Å². The van der Waals surface area contributed by atoms with Gasteiger partial charge in [0.1, 0.15) is 0 Å². The molecular weight excluding hydrogens is 274 g/mol. The van der Waals surface area contributed by atoms with Crippen molar-refractivity contribution in [2.24, 2.45) is 0 Å². The summed E-state index contributed by atoms with van der Waals surface area (Å²) >= 11 is 0. The summed E-state index contributed by atoms with van der Waals surface area (Å²) in [4.78, 5) is 0. The van der Waals surface area contributed by atoms with Gasteiger partial charge in [0, 0.05) is 32.7 Å². The monoisotopic (exact) mass is 303 g/mol. The van der Waals surface area contributed by atoms with E-state index in [1.165, 1.54) is 23.6 Å². The first-order valence-electron chi connectivity index (χ1n) is 7.94. The Kier molecular flexibility index (Phi) is 5.84. The molecule has 1 aliphatic heterocycles. The van der Waals surface area contributed by atoms with Crippen molar-refractivity contribution in [3.05, 3.63) is 0 Å². The van der Waals surface area contributed by atoms with Crippen LogP contribution >= 0.6 is 0 Å². The van der Waals surface area contributed by atoms with Gasteiger partial charge in [-0.25, -0.2) is 0 Å². The molecule has 1 unspecified atom stereocenters. The van der Waals surface area contributed by atoms with Crippen LogP contribution in [0.3, 0.4) is 0 Å². The summed E-state index contributed by atoms with van der Waals surface area (Å²) in [5, 5.41) is 3.42. The highest BCUT2D eigenvalue weighted by atomic mass is 32.2. The molecule has 0 radical (unpaired) electrons. The summed E-state index contributed by atoms with van der Waals surface area (Å²) in [5.74, 6) is 0. The standard InChI is InChI=1S/C14H29N3O2S/c1-16(12-13-8-6-7-11-15-13)20(18,19)17(2)14-9-4-3-5-10-14/h13-15H,3-12H2,1-2H3. The molecule has 6 heteroatoms. The minimum atomic E-state index is -3.31. The van der Waals surface area contributed by atoms with Gasteiger partial charge in [-0.15, -0.1) is 0 Å². The SMILES string of the molecule is CN(CC1CCCCN1)S(=O)(=O)N(C)C1CCCCC1. The quantitative estimate of drug-likeness (QED) is 0.839. The van der Waals surface area contributed by atoms with Gasteiger partial charge in [0.05, 0.1) is 0 Å². The van der Waals surface area contributed by atoms with Gasteiger partial charge in [0.2, 0.25) is 0 Å². The fourth-order valence-corrected chi connectivity index (χ4v) is 4.73. The number of likely N-dealkylation sites (N-methyl/N-ethyl adjacent to an activating group) is 1. The van der Waals surface area contributed by atoms with Crippen LogP contribution in [0.15, 0.2) is 0 Å². The molecule has 0 amide bonds. The molecule has 0 bridgehead atoms. The molecule has 1 saturated carbocycles. The smallest absolute Gasteiger partial charge is 0.281 e. The number of rotatable bonds is 5. The van der Waals surface area contributed by atoms with Crippen molar-refractivity contribution in [3.63, 3.8) is 0 Å². The van der Waals surface area contributed by atoms with Gasteiger partial charge in [-0.1, -0.05) is 25.7 Å². The second kappa shape index (κ2) is 7.20. The van der Waals surface area contributed by atoms with Crippen LogP contribution in [0.2, 0.25) is 0 Å². The summed E-state index contributed by atoms with van der Waals surface area (Å²) in [6.07, 6.45) is 9.03. The fraction of sp³-hybridized carbons (Fsp3) is 1.00. The van der Waals surface area contributed by atoms with Gasteiger partial charge in [0.15, 0.2) is 0 Å². The molecule has 118 valence electrons. The second-order valence-electron chi connectivity index (χ2n) is 6.24. The molecule has 2 rings (SSSR count). The van der Waals surface area contributed by atoms with Crippen LogP contribution in [0.1, 0.15) is 51.4 Å². The first-order chi connectivity index (χ1) is 9.51. The van der Waals surface area contributed by atoms with Crippen LogP contribution in [0.4, 0.5) is 0 Å². The van der Waals surface area contributed by atoms with Crippen molar-refractivity contribution in [1.29, 1.82) is 0 Å². The molecule has 1 N–H and O–H groups in total. The lowest BCUT2D eigenvalue weighted by molar-refractivity contribution is 0.260. The molecule has 5 nitrogen and oxygen atoms in total. The largest absolute Gasteiger partial charge is 0.313 e. The van der Waals surface area contributed by atoms with Gasteiger partial charge >= 0.3 is 0 Å². The highest BCUT2D eigenvalue weighted by molar-refractivity contribution is 7.86. The van der Waals surface area contributed by atoms with E-state index in [1.54, 1.807) is 18.4 Å². The zero-order valence-corrected chi connectivity index (χ0v) is 13.7. The molecule has 1 atom stereocenters. The van der Waals surface area contributed by atoms with Crippen LogP contribution in [0.25, 0.3) is 0 Å². The number of hydrogen-bond acceptors (Lipinski definition) is 3. The van der Waals surface area contributed by atoms with E-state index in [0.717, 1.165) is 38.6 Å². The van der Waals surface area contributed by atoms with Crippen LogP contribution in [0.5, 0.6) is 0 Å². The molecular formula is C14H29N3O2S. The van der Waals surface area contributed by atoms with Crippen LogP contribution in [0, 0.1) is 0 Å². The van der Waals surface area contributed by atoms with Crippen molar-refractivity contribution in [2.75, 3.05) is 27.2 Å². The average molecular weight is 303 g/mol. The van der Waals surface area contributed by atoms with Crippen molar-refractivity contribution in [1.82, 2.24) is 13.9 Å². The van der Waals surface area contributed by atoms with Gasteiger partial charge in [-0.05, 0) is 32.2 Å². The summed E-state index contributed by atoms with van der Waals surface area (Å²) in [6, 6.07) is 0.499. The third-order valence-corrected chi connectivity index (χ3v) is 6.70. The zero-order valence-electron chi connectivity index (χ0n) is 12.8. The molecule has 0 aromatic carbocycles. The Morgan fingerprint density at radius 1 is 1.00 bits per heavy atom. The number of hydrogen-bond donors (Lipinski definition) is 1. The zero-order chi connectivity index (χ0) is 14.6. The third-order valence-electron chi connectivity index (χ3n) is 4.74. The van der Waals surface area contributed by atoms with E-state index < -0.39 is 10.2 Å². The molecule has 0 aromatic rings. The van der Waals surface area contributed by atoms with Gasteiger partial charge < -0.3 is 5.32 Å². The summed E-state index contributed by atoms with van der Waals surface area (Å²) in [7, 11) is 0.148. The summed E-state index contributed by atoms with van der Waals surface area (Å²) < 4.78 is 28.4. The van der Waals surface area contributed by atoms with E-state index in [4.69, 9.17) is 0 Å². The van der Waals surface area contributed by atoms with Crippen LogP contribution in [-0.2, 0) is 10.2 Å². The highest BCUT2D eigenvalue weighted by Gasteiger charge is 2.31. The van der Waals surface area contributed by atoms with E-state index in [2.05, 4.69) is 5.32 Å². The fourth-order valence-electron chi connectivity index (χ4n) is 3.34. The van der Waals surface area contributed by atoms with Crippen molar-refractivity contribution in [2.45, 2.75) is 63.5 Å². The van der Waals surface area contributed by atoms with Crippen LogP contribution < -0.4 is 5.32 Å². The highest BCUT2D eigenvalue weighted by Crippen LogP contribution is 2.24. The molecule has 20 heavy (non-hydrogen) atoms. The normalized spacial score (nSPS) is 26.3. The third kappa shape index (κ3) is 3.93. The predicted molar refractivity (Wildman–Crippen MR) is 81.8 cm³/mol. The molecule has 1 heterocycles. The summed E-state index contributed by atoms with van der Waals surface area (Å²) in [6.45, 7) is 1.59. The van der Waals surface area contributed by atoms with Gasteiger partial charge in [-0.3, -0.25) is 0 Å². The number of piperidine rings is 1. The topological polar surface area (TPSA) is 52.7 Å². The van der Waals surface area contributed by atoms with E-state index >= 15 is 0 Å². The first-order valence-corrected chi connectivity index (χ1v) is 9.34. The number of nitrogens with one attached hydrogen (secondary N) is 1. The Bertz CT molecular complexity index is 387. The minimum absolute atomic E-state index is 0.190. The molecule has 2 fully saturated rings. The Balaban J connectivity index is 1.93. The van der Waals surface area contributed by atoms with Gasteiger partial charge in [0.25, 0.3) is 10.2 Å². The Labute approximate surface area is 123 Å². The Morgan fingerprint density at radius 3 is 2.25 bits per heavy atom.